The first-order valence-corrected chi connectivity index (χ1v) is 7.19. The van der Waals surface area contributed by atoms with Crippen LogP contribution in [0.4, 0.5) is 13.2 Å². The minimum atomic E-state index is -4.64. The number of hydrogen-bond acceptors (Lipinski definition) is 3. The highest BCUT2D eigenvalue weighted by atomic mass is 19.4. The van der Waals surface area contributed by atoms with Crippen molar-refractivity contribution >= 4 is 5.91 Å². The van der Waals surface area contributed by atoms with E-state index < -0.39 is 17.8 Å². The molecule has 1 saturated heterocycles. The summed E-state index contributed by atoms with van der Waals surface area (Å²) in [6, 6.07) is -0.136. The highest BCUT2D eigenvalue weighted by molar-refractivity contribution is 5.96. The van der Waals surface area contributed by atoms with Gasteiger partial charge < -0.3 is 9.80 Å². The van der Waals surface area contributed by atoms with Crippen molar-refractivity contribution < 1.29 is 18.0 Å². The lowest BCUT2D eigenvalue weighted by molar-refractivity contribution is -0.142. The zero-order chi connectivity index (χ0) is 16.7. The van der Waals surface area contributed by atoms with Gasteiger partial charge in [0.1, 0.15) is 0 Å². The van der Waals surface area contributed by atoms with Gasteiger partial charge in [-0.15, -0.1) is 0 Å². The molecule has 1 atom stereocenters. The van der Waals surface area contributed by atoms with Crippen LogP contribution in [0.3, 0.4) is 0 Å². The molecule has 0 spiro atoms. The van der Waals surface area contributed by atoms with E-state index in [4.69, 9.17) is 0 Å². The molecule has 0 aromatic carbocycles. The summed E-state index contributed by atoms with van der Waals surface area (Å²) < 4.78 is 41.1. The molecule has 0 aliphatic carbocycles. The minimum Gasteiger partial charge on any atom is -0.345 e. The fraction of sp³-hybridized carbons (Fsp3) is 0.714. The van der Waals surface area contributed by atoms with Crippen molar-refractivity contribution in [3.63, 3.8) is 0 Å². The Morgan fingerprint density at radius 1 is 1.36 bits per heavy atom. The Balaban J connectivity index is 2.51. The predicted octanol–water partition coefficient (Wildman–Crippen LogP) is 2.18. The molecule has 5 nitrogen and oxygen atoms in total. The number of carbonyl (C=O) groups excluding carboxylic acids is 1. The molecule has 1 fully saturated rings. The Bertz CT molecular complexity index is 565. The predicted molar refractivity (Wildman–Crippen MR) is 75.8 cm³/mol. The number of carbonyl (C=O) groups is 1. The van der Waals surface area contributed by atoms with E-state index in [1.165, 1.54) is 25.7 Å². The Hall–Kier alpha value is -1.57. The largest absolute Gasteiger partial charge is 0.435 e. The average molecular weight is 318 g/mol. The first-order chi connectivity index (χ1) is 10.1. The van der Waals surface area contributed by atoms with Gasteiger partial charge in [0.2, 0.25) is 0 Å². The standard InChI is InChI=1S/C14H21F3N4O/c1-9-11(13(22)19(2)3)12(14(15,16)17)18-21(9)10-6-5-7-20(4)8-10/h10H,5-8H2,1-4H3. The second-order valence-corrected chi connectivity index (χ2v) is 6.01. The molecule has 8 heteroatoms. The van der Waals surface area contributed by atoms with E-state index in [1.807, 2.05) is 7.05 Å². The molecule has 0 bridgehead atoms. The van der Waals surface area contributed by atoms with Crippen LogP contribution >= 0.6 is 0 Å². The van der Waals surface area contributed by atoms with E-state index in [0.29, 0.717) is 6.54 Å². The second-order valence-electron chi connectivity index (χ2n) is 6.01. The number of likely N-dealkylation sites (tertiary alicyclic amines) is 1. The maximum atomic E-state index is 13.3. The quantitative estimate of drug-likeness (QED) is 0.839. The number of amides is 1. The van der Waals surface area contributed by atoms with Crippen LogP contribution in [-0.2, 0) is 6.18 Å². The Morgan fingerprint density at radius 2 is 2.00 bits per heavy atom. The van der Waals surface area contributed by atoms with Crippen molar-refractivity contribution in [1.82, 2.24) is 19.6 Å². The lowest BCUT2D eigenvalue weighted by atomic mass is 10.1. The molecular weight excluding hydrogens is 297 g/mol. The average Bonchev–Trinajstić information content (AvgIpc) is 2.75. The zero-order valence-corrected chi connectivity index (χ0v) is 13.2. The molecule has 1 amide bonds. The van der Waals surface area contributed by atoms with Gasteiger partial charge in [0.05, 0.1) is 11.6 Å². The molecule has 0 N–H and O–H groups in total. The number of piperidine rings is 1. The van der Waals surface area contributed by atoms with Crippen molar-refractivity contribution in [3.05, 3.63) is 17.0 Å². The zero-order valence-electron chi connectivity index (χ0n) is 13.2. The number of likely N-dealkylation sites (N-methyl/N-ethyl adjacent to an activating group) is 1. The summed E-state index contributed by atoms with van der Waals surface area (Å²) in [4.78, 5) is 15.4. The molecule has 1 aliphatic rings. The van der Waals surface area contributed by atoms with Crippen LogP contribution < -0.4 is 0 Å². The van der Waals surface area contributed by atoms with Gasteiger partial charge in [-0.25, -0.2) is 0 Å². The smallest absolute Gasteiger partial charge is 0.345 e. The van der Waals surface area contributed by atoms with Crippen LogP contribution in [0.2, 0.25) is 0 Å². The van der Waals surface area contributed by atoms with Gasteiger partial charge in [-0.3, -0.25) is 9.48 Å². The molecule has 0 radical (unpaired) electrons. The van der Waals surface area contributed by atoms with E-state index in [0.717, 1.165) is 24.3 Å². The summed E-state index contributed by atoms with van der Waals surface area (Å²) in [6.07, 6.45) is -2.98. The van der Waals surface area contributed by atoms with Crippen molar-refractivity contribution in [2.24, 2.45) is 0 Å². The SMILES string of the molecule is Cc1c(C(=O)N(C)C)c(C(F)(F)F)nn1C1CCCN(C)C1. The number of rotatable bonds is 2. The molecule has 1 unspecified atom stereocenters. The molecule has 2 heterocycles. The molecular formula is C14H21F3N4O. The van der Waals surface area contributed by atoms with Gasteiger partial charge >= 0.3 is 6.18 Å². The molecule has 1 aromatic heterocycles. The summed E-state index contributed by atoms with van der Waals surface area (Å²) in [7, 11) is 4.81. The van der Waals surface area contributed by atoms with E-state index >= 15 is 0 Å². The van der Waals surface area contributed by atoms with E-state index in [2.05, 4.69) is 10.00 Å². The van der Waals surface area contributed by atoms with Crippen molar-refractivity contribution in [3.8, 4) is 0 Å². The summed E-state index contributed by atoms with van der Waals surface area (Å²) in [5.41, 5.74) is -1.14. The number of aromatic nitrogens is 2. The van der Waals surface area contributed by atoms with Crippen molar-refractivity contribution in [2.75, 3.05) is 34.2 Å². The first kappa shape index (κ1) is 16.8. The van der Waals surface area contributed by atoms with Gasteiger partial charge in [0.15, 0.2) is 5.69 Å². The lowest BCUT2D eigenvalue weighted by Gasteiger charge is -2.30. The first-order valence-electron chi connectivity index (χ1n) is 7.19. The Labute approximate surface area is 127 Å². The summed E-state index contributed by atoms with van der Waals surface area (Å²) >= 11 is 0. The minimum absolute atomic E-state index is 0.136. The highest BCUT2D eigenvalue weighted by Gasteiger charge is 2.42. The number of alkyl halides is 3. The third-order valence-electron chi connectivity index (χ3n) is 3.98. The van der Waals surface area contributed by atoms with Gasteiger partial charge in [0, 0.05) is 26.3 Å². The molecule has 22 heavy (non-hydrogen) atoms. The molecule has 124 valence electrons. The summed E-state index contributed by atoms with van der Waals surface area (Å²) in [6.45, 7) is 3.09. The normalized spacial score (nSPS) is 20.2. The van der Waals surface area contributed by atoms with Crippen LogP contribution in [0.1, 0.15) is 40.6 Å². The van der Waals surface area contributed by atoms with Crippen LogP contribution in [0.15, 0.2) is 0 Å². The molecule has 1 aromatic rings. The maximum absolute atomic E-state index is 13.3. The van der Waals surface area contributed by atoms with Gasteiger partial charge in [-0.2, -0.15) is 18.3 Å². The van der Waals surface area contributed by atoms with Crippen LogP contribution in [0.5, 0.6) is 0 Å². The number of nitrogens with zero attached hydrogens (tertiary/aromatic N) is 4. The molecule has 2 rings (SSSR count). The topological polar surface area (TPSA) is 41.4 Å². The van der Waals surface area contributed by atoms with E-state index in [-0.39, 0.29) is 17.3 Å². The monoisotopic (exact) mass is 318 g/mol. The fourth-order valence-corrected chi connectivity index (χ4v) is 2.89. The van der Waals surface area contributed by atoms with Crippen LogP contribution in [-0.4, -0.2) is 59.7 Å². The molecule has 0 saturated carbocycles. The third-order valence-corrected chi connectivity index (χ3v) is 3.98. The lowest BCUT2D eigenvalue weighted by Crippen LogP contribution is -2.34. The summed E-state index contributed by atoms with van der Waals surface area (Å²) in [5, 5.41) is 3.76. The van der Waals surface area contributed by atoms with Crippen LogP contribution in [0, 0.1) is 6.92 Å². The number of halogens is 3. The molecule has 1 aliphatic heterocycles. The summed E-state index contributed by atoms with van der Waals surface area (Å²) in [5.74, 6) is -0.666. The third kappa shape index (κ3) is 3.11. The highest BCUT2D eigenvalue weighted by Crippen LogP contribution is 2.35. The Morgan fingerprint density at radius 3 is 2.50 bits per heavy atom. The second kappa shape index (κ2) is 5.91. The fourth-order valence-electron chi connectivity index (χ4n) is 2.89. The van der Waals surface area contributed by atoms with Crippen molar-refractivity contribution in [1.29, 1.82) is 0 Å². The maximum Gasteiger partial charge on any atom is 0.435 e. The van der Waals surface area contributed by atoms with E-state index in [1.54, 1.807) is 0 Å². The van der Waals surface area contributed by atoms with Crippen LogP contribution in [0.25, 0.3) is 0 Å². The Kier molecular flexibility index (Phi) is 4.51. The van der Waals surface area contributed by atoms with Gasteiger partial charge in [-0.05, 0) is 33.4 Å². The van der Waals surface area contributed by atoms with Crippen molar-refractivity contribution in [2.45, 2.75) is 32.0 Å². The van der Waals surface area contributed by atoms with E-state index in [9.17, 15) is 18.0 Å². The number of hydrogen-bond donors (Lipinski definition) is 0. The van der Waals surface area contributed by atoms with Gasteiger partial charge in [-0.1, -0.05) is 0 Å². The van der Waals surface area contributed by atoms with Gasteiger partial charge in [0.25, 0.3) is 5.91 Å².